The number of hydrogen-bond acceptors (Lipinski definition) is 3. The van der Waals surface area contributed by atoms with Crippen LogP contribution in [0, 0.1) is 6.92 Å². The quantitative estimate of drug-likeness (QED) is 0.591. The number of carbonyl (C=O) groups excluding carboxylic acids is 2. The average molecular weight is 468 g/mol. The molecule has 2 aromatic carbocycles. The normalized spacial score (nSPS) is 20.8. The molecule has 1 saturated heterocycles. The van der Waals surface area contributed by atoms with Crippen LogP contribution in [0.15, 0.2) is 49.1 Å². The Kier molecular flexibility index (Phi) is 6.94. The van der Waals surface area contributed by atoms with Crippen LogP contribution in [-0.4, -0.2) is 36.9 Å². The van der Waals surface area contributed by atoms with Crippen LogP contribution in [0.2, 0.25) is 5.02 Å². The number of anilines is 2. The maximum Gasteiger partial charge on any atom is 0.246 e. The molecule has 1 unspecified atom stereocenters. The van der Waals surface area contributed by atoms with E-state index in [4.69, 9.17) is 11.6 Å². The Morgan fingerprint density at radius 1 is 1.18 bits per heavy atom. The smallest absolute Gasteiger partial charge is 0.246 e. The summed E-state index contributed by atoms with van der Waals surface area (Å²) < 4.78 is 0. The van der Waals surface area contributed by atoms with Crippen LogP contribution in [0.1, 0.15) is 50.8 Å². The fourth-order valence-corrected chi connectivity index (χ4v) is 5.18. The Labute approximate surface area is 202 Å². The summed E-state index contributed by atoms with van der Waals surface area (Å²) >= 11 is 6.75. The lowest BCUT2D eigenvalue weighted by Crippen LogP contribution is -2.40. The fourth-order valence-electron chi connectivity index (χ4n) is 4.87. The van der Waals surface area contributed by atoms with Crippen molar-refractivity contribution in [2.24, 2.45) is 0 Å². The van der Waals surface area contributed by atoms with Gasteiger partial charge in [-0.05, 0) is 62.1 Å². The number of halogens is 1. The Morgan fingerprint density at radius 2 is 1.88 bits per heavy atom. The van der Waals surface area contributed by atoms with Crippen LogP contribution in [0.4, 0.5) is 11.4 Å². The van der Waals surface area contributed by atoms with E-state index in [1.807, 2.05) is 78.1 Å². The summed E-state index contributed by atoms with van der Waals surface area (Å²) in [6, 6.07) is 12.1. The highest BCUT2D eigenvalue weighted by atomic mass is 35.5. The highest BCUT2D eigenvalue weighted by Gasteiger charge is 2.44. The molecule has 4 rings (SSSR count). The van der Waals surface area contributed by atoms with Gasteiger partial charge in [0.05, 0.1) is 11.0 Å². The highest BCUT2D eigenvalue weighted by molar-refractivity contribution is 6.32. The van der Waals surface area contributed by atoms with Crippen LogP contribution >= 0.6 is 11.6 Å². The van der Waals surface area contributed by atoms with E-state index >= 15 is 0 Å². The molecule has 0 aliphatic carbocycles. The number of fused-ring (bicyclic) bond motifs is 1. The van der Waals surface area contributed by atoms with Crippen LogP contribution < -0.4 is 10.2 Å². The second-order valence-electron chi connectivity index (χ2n) is 9.08. The van der Waals surface area contributed by atoms with Gasteiger partial charge in [-0.1, -0.05) is 56.3 Å². The van der Waals surface area contributed by atoms with Gasteiger partial charge in [-0.15, -0.1) is 0 Å². The van der Waals surface area contributed by atoms with Crippen molar-refractivity contribution in [3.63, 3.8) is 0 Å². The number of nitrogens with one attached hydrogen (secondary N) is 1. The first-order chi connectivity index (χ1) is 15.6. The number of carbonyl (C=O) groups is 2. The molecule has 6 heteroatoms. The van der Waals surface area contributed by atoms with Crippen molar-refractivity contribution in [2.45, 2.75) is 52.0 Å². The van der Waals surface area contributed by atoms with E-state index in [1.54, 1.807) is 9.80 Å². The van der Waals surface area contributed by atoms with Gasteiger partial charge in [-0.25, -0.2) is 0 Å². The van der Waals surface area contributed by atoms with E-state index in [9.17, 15) is 9.59 Å². The molecular formula is C27H34ClN3O2. The summed E-state index contributed by atoms with van der Waals surface area (Å²) in [5.41, 5.74) is 3.70. The zero-order valence-electron chi connectivity index (χ0n) is 20.5. The summed E-state index contributed by atoms with van der Waals surface area (Å²) in [4.78, 5) is 28.5. The van der Waals surface area contributed by atoms with Crippen LogP contribution in [0.5, 0.6) is 0 Å². The van der Waals surface area contributed by atoms with E-state index < -0.39 is 11.0 Å². The zero-order chi connectivity index (χ0) is 24.6. The maximum absolute atomic E-state index is 12.7. The SMILES string of the molecule is C=CC(=O)N1CCC(Nc2ccc3c(c2)N(C)C(=O)C3(C)C)(c2cccc(C)c2Cl)C1.CC. The molecule has 33 heavy (non-hydrogen) atoms. The average Bonchev–Trinajstić information content (AvgIpc) is 3.31. The Bertz CT molecular complexity index is 1090. The van der Waals surface area contributed by atoms with Crippen LogP contribution in [-0.2, 0) is 20.5 Å². The van der Waals surface area contributed by atoms with E-state index in [-0.39, 0.29) is 11.8 Å². The standard InChI is InChI=1S/C25H28ClN3O2.C2H6/c1-6-21(30)29-13-12-25(15-29,19-9-7-8-16(2)22(19)26)27-17-10-11-18-20(14-17)28(5)23(31)24(18,3)4;1-2/h6-11,14,27H,1,12-13,15H2,2-5H3;1-2H3. The minimum absolute atomic E-state index is 0.0831. The fraction of sp³-hybridized carbons (Fsp3) is 0.407. The number of benzene rings is 2. The lowest BCUT2D eigenvalue weighted by Gasteiger charge is -2.34. The summed E-state index contributed by atoms with van der Waals surface area (Å²) in [5, 5.41) is 4.40. The molecule has 0 spiro atoms. The molecule has 2 heterocycles. The van der Waals surface area contributed by atoms with Gasteiger partial charge in [0.2, 0.25) is 11.8 Å². The summed E-state index contributed by atoms with van der Waals surface area (Å²) in [6.45, 7) is 14.6. The molecule has 1 atom stereocenters. The molecule has 1 N–H and O–H groups in total. The van der Waals surface area contributed by atoms with Crippen molar-refractivity contribution < 1.29 is 9.59 Å². The largest absolute Gasteiger partial charge is 0.374 e. The Morgan fingerprint density at radius 3 is 2.55 bits per heavy atom. The van der Waals surface area contributed by atoms with Crippen LogP contribution in [0.25, 0.3) is 0 Å². The molecule has 2 amide bonds. The van der Waals surface area contributed by atoms with Crippen LogP contribution in [0.3, 0.4) is 0 Å². The van der Waals surface area contributed by atoms with Gasteiger partial charge in [0, 0.05) is 36.5 Å². The second-order valence-corrected chi connectivity index (χ2v) is 9.46. The highest BCUT2D eigenvalue weighted by Crippen LogP contribution is 2.44. The zero-order valence-corrected chi connectivity index (χ0v) is 21.2. The monoisotopic (exact) mass is 467 g/mol. The van der Waals surface area contributed by atoms with Gasteiger partial charge < -0.3 is 15.1 Å². The number of aryl methyl sites for hydroxylation is 1. The van der Waals surface area contributed by atoms with Gasteiger partial charge in [-0.3, -0.25) is 9.59 Å². The number of likely N-dealkylation sites (N-methyl/N-ethyl adjacent to an activating group) is 1. The molecule has 2 aromatic rings. The second kappa shape index (κ2) is 9.22. The third-order valence-corrected chi connectivity index (χ3v) is 7.22. The van der Waals surface area contributed by atoms with Crippen molar-refractivity contribution in [1.29, 1.82) is 0 Å². The number of rotatable bonds is 4. The first-order valence-corrected chi connectivity index (χ1v) is 11.9. The summed E-state index contributed by atoms with van der Waals surface area (Å²) in [6.07, 6.45) is 2.07. The number of hydrogen-bond donors (Lipinski definition) is 1. The van der Waals surface area contributed by atoms with E-state index in [1.165, 1.54) is 6.08 Å². The van der Waals surface area contributed by atoms with Crippen molar-refractivity contribution in [3.8, 4) is 0 Å². The molecule has 0 radical (unpaired) electrons. The molecule has 0 aromatic heterocycles. The lowest BCUT2D eigenvalue weighted by molar-refractivity contribution is -0.125. The van der Waals surface area contributed by atoms with Gasteiger partial charge in [0.15, 0.2) is 0 Å². The number of likely N-dealkylation sites (tertiary alicyclic amines) is 1. The molecule has 5 nitrogen and oxygen atoms in total. The molecular weight excluding hydrogens is 434 g/mol. The van der Waals surface area contributed by atoms with Crippen molar-refractivity contribution >= 4 is 34.8 Å². The van der Waals surface area contributed by atoms with Crippen molar-refractivity contribution in [1.82, 2.24) is 4.90 Å². The molecule has 2 aliphatic heterocycles. The Hall–Kier alpha value is -2.79. The van der Waals surface area contributed by atoms with E-state index in [2.05, 4.69) is 11.9 Å². The van der Waals surface area contributed by atoms with Crippen molar-refractivity contribution in [3.05, 3.63) is 70.8 Å². The number of nitrogens with zero attached hydrogens (tertiary/aromatic N) is 2. The molecule has 1 fully saturated rings. The number of amides is 2. The first-order valence-electron chi connectivity index (χ1n) is 11.5. The minimum Gasteiger partial charge on any atom is -0.374 e. The molecule has 176 valence electrons. The van der Waals surface area contributed by atoms with Gasteiger partial charge in [-0.2, -0.15) is 0 Å². The Balaban J connectivity index is 0.00000149. The summed E-state index contributed by atoms with van der Waals surface area (Å²) in [5.74, 6) is -0.00630. The molecule has 0 bridgehead atoms. The van der Waals surface area contributed by atoms with Gasteiger partial charge >= 0.3 is 0 Å². The third-order valence-electron chi connectivity index (χ3n) is 6.72. The molecule has 0 saturated carbocycles. The van der Waals surface area contributed by atoms with Gasteiger partial charge in [0.25, 0.3) is 0 Å². The predicted octanol–water partition coefficient (Wildman–Crippen LogP) is 5.65. The predicted molar refractivity (Wildman–Crippen MR) is 137 cm³/mol. The van der Waals surface area contributed by atoms with Crippen molar-refractivity contribution in [2.75, 3.05) is 30.4 Å². The maximum atomic E-state index is 12.7. The lowest BCUT2D eigenvalue weighted by atomic mass is 9.85. The minimum atomic E-state index is -0.541. The van der Waals surface area contributed by atoms with E-state index in [0.29, 0.717) is 24.5 Å². The third kappa shape index (κ3) is 4.15. The van der Waals surface area contributed by atoms with E-state index in [0.717, 1.165) is 28.1 Å². The molecule has 2 aliphatic rings. The van der Waals surface area contributed by atoms with Gasteiger partial charge in [0.1, 0.15) is 0 Å². The topological polar surface area (TPSA) is 52.7 Å². The summed E-state index contributed by atoms with van der Waals surface area (Å²) in [7, 11) is 1.81. The first kappa shape index (κ1) is 24.8.